The monoisotopic (exact) mass is 390 g/mol. The van der Waals surface area contributed by atoms with Gasteiger partial charge in [-0.2, -0.15) is 0 Å². The van der Waals surface area contributed by atoms with Crippen molar-refractivity contribution in [2.75, 3.05) is 5.32 Å². The summed E-state index contributed by atoms with van der Waals surface area (Å²) in [6.07, 6.45) is -1.74. The lowest BCUT2D eigenvalue weighted by Crippen LogP contribution is -2.11. The molecule has 1 heterocycles. The zero-order chi connectivity index (χ0) is 18.9. The summed E-state index contributed by atoms with van der Waals surface area (Å²) in [6.45, 7) is 2.50. The molecular weight excluding hydrogens is 381 g/mol. The number of rotatable bonds is 3. The molecule has 0 aliphatic heterocycles. The highest BCUT2D eigenvalue weighted by molar-refractivity contribution is 6.35. The van der Waals surface area contributed by atoms with Crippen LogP contribution in [-0.4, -0.2) is 22.2 Å². The third kappa shape index (κ3) is 3.97. The zero-order valence-electron chi connectivity index (χ0n) is 12.8. The molecule has 1 aromatic carbocycles. The minimum absolute atomic E-state index is 0.0309. The zero-order valence-corrected chi connectivity index (χ0v) is 14.3. The molecule has 2 N–H and O–H groups in total. The fraction of sp³-hybridized carbons (Fsp3) is 0.133. The van der Waals surface area contributed by atoms with E-state index in [1.807, 2.05) is 0 Å². The molecule has 132 valence electrons. The van der Waals surface area contributed by atoms with Gasteiger partial charge in [0.25, 0.3) is 0 Å². The van der Waals surface area contributed by atoms with E-state index in [1.165, 1.54) is 13.8 Å². The number of benzene rings is 1. The maximum absolute atomic E-state index is 14.5. The largest absolute Gasteiger partial charge is 0.512 e. The molecule has 25 heavy (non-hydrogen) atoms. The third-order valence-electron chi connectivity index (χ3n) is 3.08. The van der Waals surface area contributed by atoms with Gasteiger partial charge < -0.3 is 15.2 Å². The molecule has 0 aliphatic carbocycles. The summed E-state index contributed by atoms with van der Waals surface area (Å²) in [6, 6.07) is 1.98. The number of nitrogens with zero attached hydrogens (tertiary/aromatic N) is 1. The van der Waals surface area contributed by atoms with E-state index in [4.69, 9.17) is 28.3 Å². The van der Waals surface area contributed by atoms with E-state index in [0.717, 1.165) is 12.1 Å². The molecule has 0 atom stereocenters. The van der Waals surface area contributed by atoms with Crippen molar-refractivity contribution in [2.24, 2.45) is 0 Å². The Morgan fingerprint density at radius 3 is 2.48 bits per heavy atom. The van der Waals surface area contributed by atoms with Gasteiger partial charge >= 0.3 is 6.16 Å². The number of hydrogen-bond donors (Lipinski definition) is 2. The van der Waals surface area contributed by atoms with Gasteiger partial charge in [0.2, 0.25) is 11.8 Å². The molecule has 0 saturated heterocycles. The second-order valence-electron chi connectivity index (χ2n) is 4.88. The van der Waals surface area contributed by atoms with Gasteiger partial charge in [-0.05, 0) is 19.1 Å². The quantitative estimate of drug-likeness (QED) is 0.744. The molecular formula is C15H10Cl2F2N2O4. The van der Waals surface area contributed by atoms with Crippen molar-refractivity contribution < 1.29 is 28.2 Å². The van der Waals surface area contributed by atoms with Crippen LogP contribution in [-0.2, 0) is 4.79 Å². The summed E-state index contributed by atoms with van der Waals surface area (Å²) >= 11 is 11.6. The Bertz CT molecular complexity index is 853. The molecule has 6 nitrogen and oxygen atoms in total. The summed E-state index contributed by atoms with van der Waals surface area (Å²) in [5, 5.41) is 10.6. The number of ether oxygens (including phenoxy) is 1. The molecule has 0 radical (unpaired) electrons. The van der Waals surface area contributed by atoms with Crippen LogP contribution in [0, 0.1) is 18.6 Å². The molecule has 0 spiro atoms. The maximum Gasteiger partial charge on any atom is 0.512 e. The highest BCUT2D eigenvalue weighted by atomic mass is 35.5. The number of aromatic nitrogens is 1. The van der Waals surface area contributed by atoms with Crippen LogP contribution in [0.3, 0.4) is 0 Å². The number of carbonyl (C=O) groups is 2. The lowest BCUT2D eigenvalue weighted by atomic mass is 10.1. The Labute approximate surface area is 150 Å². The highest BCUT2D eigenvalue weighted by Gasteiger charge is 2.22. The summed E-state index contributed by atoms with van der Waals surface area (Å²) < 4.78 is 33.1. The summed E-state index contributed by atoms with van der Waals surface area (Å²) in [7, 11) is 0. The van der Waals surface area contributed by atoms with E-state index in [-0.39, 0.29) is 27.0 Å². The van der Waals surface area contributed by atoms with Crippen LogP contribution >= 0.6 is 23.2 Å². The standard InChI is InChI=1S/C15H10Cl2F2N2O4/c1-5-7(16)3-8(18)11(13(5)19)9-4-10(20-6(2)22)12(17)14(21-9)25-15(23)24/h3-4H,1-2H3,(H,23,24)(H,20,21,22). The average Bonchev–Trinajstić information content (AvgIpc) is 2.48. The number of carboxylic acid groups (broad SMARTS) is 1. The van der Waals surface area contributed by atoms with E-state index >= 15 is 0 Å². The number of hydrogen-bond acceptors (Lipinski definition) is 4. The van der Waals surface area contributed by atoms with Gasteiger partial charge in [-0.25, -0.2) is 18.6 Å². The second-order valence-corrected chi connectivity index (χ2v) is 5.66. The fourth-order valence-electron chi connectivity index (χ4n) is 1.99. The van der Waals surface area contributed by atoms with Crippen LogP contribution in [0.5, 0.6) is 5.88 Å². The molecule has 0 unspecified atom stereocenters. The van der Waals surface area contributed by atoms with E-state index in [1.54, 1.807) is 0 Å². The van der Waals surface area contributed by atoms with Gasteiger partial charge in [-0.15, -0.1) is 0 Å². The van der Waals surface area contributed by atoms with Crippen LogP contribution in [0.1, 0.15) is 12.5 Å². The number of anilines is 1. The second kappa shape index (κ2) is 7.20. The van der Waals surface area contributed by atoms with Crippen molar-refractivity contribution in [1.29, 1.82) is 0 Å². The van der Waals surface area contributed by atoms with E-state index < -0.39 is 35.1 Å². The first kappa shape index (κ1) is 18.9. The van der Waals surface area contributed by atoms with Crippen LogP contribution in [0.4, 0.5) is 19.3 Å². The van der Waals surface area contributed by atoms with Gasteiger partial charge in [0.15, 0.2) is 0 Å². The maximum atomic E-state index is 14.5. The van der Waals surface area contributed by atoms with Crippen LogP contribution in [0.2, 0.25) is 10.0 Å². The fourth-order valence-corrected chi connectivity index (χ4v) is 2.35. The van der Waals surface area contributed by atoms with Gasteiger partial charge in [0.05, 0.1) is 16.9 Å². The molecule has 1 aromatic heterocycles. The predicted octanol–water partition coefficient (Wildman–Crippen LogP) is 4.66. The smallest absolute Gasteiger partial charge is 0.449 e. The highest BCUT2D eigenvalue weighted by Crippen LogP contribution is 2.38. The Morgan fingerprint density at radius 1 is 1.28 bits per heavy atom. The van der Waals surface area contributed by atoms with E-state index in [0.29, 0.717) is 0 Å². The molecule has 0 bridgehead atoms. The molecule has 2 rings (SSSR count). The van der Waals surface area contributed by atoms with Crippen molar-refractivity contribution in [2.45, 2.75) is 13.8 Å². The lowest BCUT2D eigenvalue weighted by Gasteiger charge is -2.13. The Morgan fingerprint density at radius 2 is 1.92 bits per heavy atom. The van der Waals surface area contributed by atoms with Gasteiger partial charge in [0.1, 0.15) is 16.7 Å². The Hall–Kier alpha value is -2.45. The van der Waals surface area contributed by atoms with Gasteiger partial charge in [-0.1, -0.05) is 23.2 Å². The number of nitrogens with one attached hydrogen (secondary N) is 1. The summed E-state index contributed by atoms with van der Waals surface area (Å²) in [5.74, 6) is -3.21. The minimum atomic E-state index is -1.74. The Balaban J connectivity index is 2.75. The Kier molecular flexibility index (Phi) is 5.44. The first-order valence-electron chi connectivity index (χ1n) is 6.65. The number of halogens is 4. The molecule has 10 heteroatoms. The molecule has 0 saturated carbocycles. The first-order chi connectivity index (χ1) is 11.6. The normalized spacial score (nSPS) is 10.5. The van der Waals surface area contributed by atoms with Gasteiger partial charge in [0, 0.05) is 17.5 Å². The number of carbonyl (C=O) groups excluding carboxylic acids is 1. The van der Waals surface area contributed by atoms with Crippen molar-refractivity contribution >= 4 is 41.0 Å². The van der Waals surface area contributed by atoms with Crippen LogP contribution < -0.4 is 10.1 Å². The molecule has 1 amide bonds. The minimum Gasteiger partial charge on any atom is -0.449 e. The average molecular weight is 391 g/mol. The van der Waals surface area contributed by atoms with Crippen molar-refractivity contribution in [3.63, 3.8) is 0 Å². The van der Waals surface area contributed by atoms with Crippen molar-refractivity contribution in [3.8, 4) is 17.1 Å². The lowest BCUT2D eigenvalue weighted by molar-refractivity contribution is -0.114. The molecule has 0 fully saturated rings. The topological polar surface area (TPSA) is 88.5 Å². The van der Waals surface area contributed by atoms with Gasteiger partial charge in [-0.3, -0.25) is 4.79 Å². The van der Waals surface area contributed by atoms with Crippen molar-refractivity contribution in [3.05, 3.63) is 39.4 Å². The van der Waals surface area contributed by atoms with Crippen LogP contribution in [0.25, 0.3) is 11.3 Å². The van der Waals surface area contributed by atoms with E-state index in [2.05, 4.69) is 15.0 Å². The first-order valence-corrected chi connectivity index (χ1v) is 7.40. The van der Waals surface area contributed by atoms with E-state index in [9.17, 15) is 18.4 Å². The summed E-state index contributed by atoms with van der Waals surface area (Å²) in [4.78, 5) is 25.8. The SMILES string of the molecule is CC(=O)Nc1cc(-c2c(F)cc(Cl)c(C)c2F)nc(OC(=O)O)c1Cl. The van der Waals surface area contributed by atoms with Crippen LogP contribution in [0.15, 0.2) is 12.1 Å². The number of amides is 1. The molecule has 0 aliphatic rings. The molecule has 2 aromatic rings. The summed E-state index contributed by atoms with van der Waals surface area (Å²) in [5.41, 5.74) is -1.06. The van der Waals surface area contributed by atoms with Crippen molar-refractivity contribution in [1.82, 2.24) is 4.98 Å². The number of pyridine rings is 1. The predicted molar refractivity (Wildman–Crippen MR) is 87.3 cm³/mol. The third-order valence-corrected chi connectivity index (χ3v) is 3.84.